The van der Waals surface area contributed by atoms with Crippen molar-refractivity contribution < 1.29 is 0 Å². The minimum absolute atomic E-state index is 0.342. The SMILES string of the molecule is C=CN=C(Cn1nc(C#CCC)c2c(N)ncnc21)Nc1scc(C)c1-c1ccccc1C(C)C. The maximum absolute atomic E-state index is 6.15. The second-order valence-corrected chi connectivity index (χ2v) is 9.25. The number of benzene rings is 1. The third-order valence-corrected chi connectivity index (χ3v) is 6.59. The van der Waals surface area contributed by atoms with Crippen molar-refractivity contribution in [1.29, 1.82) is 0 Å². The molecule has 3 N–H and O–H groups in total. The van der Waals surface area contributed by atoms with Crippen LogP contribution in [0.4, 0.5) is 10.8 Å². The zero-order chi connectivity index (χ0) is 24.9. The molecule has 0 aliphatic rings. The molecule has 0 atom stereocenters. The molecular formula is C27H29N7S. The van der Waals surface area contributed by atoms with Gasteiger partial charge in [-0.2, -0.15) is 5.10 Å². The van der Waals surface area contributed by atoms with Crippen LogP contribution in [0.15, 0.2) is 53.7 Å². The summed E-state index contributed by atoms with van der Waals surface area (Å²) in [6.45, 7) is 12.7. The van der Waals surface area contributed by atoms with Crippen LogP contribution in [0.2, 0.25) is 0 Å². The number of nitrogen functional groups attached to an aromatic ring is 1. The van der Waals surface area contributed by atoms with Crippen molar-refractivity contribution in [2.45, 2.75) is 46.6 Å². The Morgan fingerprint density at radius 2 is 2.11 bits per heavy atom. The van der Waals surface area contributed by atoms with Crippen LogP contribution in [0.5, 0.6) is 0 Å². The molecular weight excluding hydrogens is 454 g/mol. The van der Waals surface area contributed by atoms with Gasteiger partial charge in [0.15, 0.2) is 5.65 Å². The number of aromatic nitrogens is 4. The topological polar surface area (TPSA) is 94.0 Å². The number of rotatable bonds is 6. The van der Waals surface area contributed by atoms with Crippen molar-refractivity contribution in [3.8, 4) is 23.0 Å². The number of hydrogen-bond donors (Lipinski definition) is 2. The van der Waals surface area contributed by atoms with Crippen LogP contribution in [-0.2, 0) is 6.54 Å². The van der Waals surface area contributed by atoms with Gasteiger partial charge < -0.3 is 11.1 Å². The fraction of sp³-hybridized carbons (Fsp3) is 0.259. The second-order valence-electron chi connectivity index (χ2n) is 8.37. The maximum Gasteiger partial charge on any atom is 0.165 e. The molecule has 0 unspecified atom stereocenters. The van der Waals surface area contributed by atoms with E-state index in [9.17, 15) is 0 Å². The summed E-state index contributed by atoms with van der Waals surface area (Å²) in [6.07, 6.45) is 3.68. The number of aryl methyl sites for hydroxylation is 1. The van der Waals surface area contributed by atoms with E-state index >= 15 is 0 Å². The van der Waals surface area contributed by atoms with E-state index in [1.165, 1.54) is 34.8 Å². The maximum atomic E-state index is 6.15. The summed E-state index contributed by atoms with van der Waals surface area (Å²) in [4.78, 5) is 13.1. The number of amidine groups is 1. The van der Waals surface area contributed by atoms with E-state index in [1.807, 2.05) is 6.92 Å². The normalized spacial score (nSPS) is 11.5. The summed E-state index contributed by atoms with van der Waals surface area (Å²) < 4.78 is 1.75. The Morgan fingerprint density at radius 1 is 1.31 bits per heavy atom. The smallest absolute Gasteiger partial charge is 0.165 e. The molecule has 8 heteroatoms. The number of nitrogens with zero attached hydrogens (tertiary/aromatic N) is 5. The molecule has 0 amide bonds. The number of nitrogens with two attached hydrogens (primary N) is 1. The Morgan fingerprint density at radius 3 is 2.86 bits per heavy atom. The number of nitrogens with one attached hydrogen (secondary N) is 1. The van der Waals surface area contributed by atoms with E-state index in [0.717, 1.165) is 5.00 Å². The fourth-order valence-electron chi connectivity index (χ4n) is 4.00. The first kappa shape index (κ1) is 24.2. The first-order chi connectivity index (χ1) is 16.9. The van der Waals surface area contributed by atoms with E-state index in [0.29, 0.717) is 47.3 Å². The lowest BCUT2D eigenvalue weighted by Crippen LogP contribution is -2.20. The number of thiophene rings is 1. The van der Waals surface area contributed by atoms with Gasteiger partial charge in [0.05, 0.1) is 5.39 Å². The second kappa shape index (κ2) is 10.5. The molecule has 0 radical (unpaired) electrons. The van der Waals surface area contributed by atoms with Crippen LogP contribution in [0.25, 0.3) is 22.2 Å². The highest BCUT2D eigenvalue weighted by atomic mass is 32.1. The first-order valence-corrected chi connectivity index (χ1v) is 12.4. The minimum atomic E-state index is 0.342. The molecule has 7 nitrogen and oxygen atoms in total. The van der Waals surface area contributed by atoms with Crippen molar-refractivity contribution in [3.05, 3.63) is 65.6 Å². The van der Waals surface area contributed by atoms with Gasteiger partial charge in [0.2, 0.25) is 0 Å². The molecule has 178 valence electrons. The molecule has 0 spiro atoms. The zero-order valence-electron chi connectivity index (χ0n) is 20.5. The van der Waals surface area contributed by atoms with Gasteiger partial charge in [-0.3, -0.25) is 0 Å². The summed E-state index contributed by atoms with van der Waals surface area (Å²) in [5, 5.41) is 12.1. The van der Waals surface area contributed by atoms with Crippen molar-refractivity contribution >= 4 is 39.0 Å². The van der Waals surface area contributed by atoms with Crippen LogP contribution < -0.4 is 11.1 Å². The summed E-state index contributed by atoms with van der Waals surface area (Å²) in [7, 11) is 0. The van der Waals surface area contributed by atoms with E-state index in [2.05, 4.69) is 94.2 Å². The van der Waals surface area contributed by atoms with E-state index in [4.69, 9.17) is 5.73 Å². The highest BCUT2D eigenvalue weighted by Crippen LogP contribution is 2.40. The van der Waals surface area contributed by atoms with Crippen LogP contribution >= 0.6 is 11.3 Å². The van der Waals surface area contributed by atoms with Gasteiger partial charge in [0, 0.05) is 18.2 Å². The molecule has 3 aromatic heterocycles. The molecule has 3 heterocycles. The van der Waals surface area contributed by atoms with E-state index in [-0.39, 0.29) is 0 Å². The van der Waals surface area contributed by atoms with Gasteiger partial charge in [-0.1, -0.05) is 57.5 Å². The molecule has 4 rings (SSSR count). The largest absolute Gasteiger partial charge is 0.383 e. The van der Waals surface area contributed by atoms with Crippen LogP contribution in [0.3, 0.4) is 0 Å². The van der Waals surface area contributed by atoms with Crippen LogP contribution in [0, 0.1) is 18.8 Å². The van der Waals surface area contributed by atoms with Crippen molar-refractivity contribution in [2.75, 3.05) is 11.1 Å². The average molecular weight is 484 g/mol. The van der Waals surface area contributed by atoms with Crippen LogP contribution in [0.1, 0.15) is 49.9 Å². The number of anilines is 2. The predicted molar refractivity (Wildman–Crippen MR) is 147 cm³/mol. The highest BCUT2D eigenvalue weighted by Gasteiger charge is 2.19. The molecule has 0 aliphatic heterocycles. The summed E-state index contributed by atoms with van der Waals surface area (Å²) >= 11 is 1.65. The molecule has 0 saturated heterocycles. The van der Waals surface area contributed by atoms with Crippen LogP contribution in [-0.4, -0.2) is 25.6 Å². The molecule has 0 saturated carbocycles. The number of fused-ring (bicyclic) bond motifs is 1. The van der Waals surface area contributed by atoms with Gasteiger partial charge in [-0.25, -0.2) is 19.6 Å². The summed E-state index contributed by atoms with van der Waals surface area (Å²) in [5.74, 6) is 7.59. The Bertz CT molecular complexity index is 1460. The summed E-state index contributed by atoms with van der Waals surface area (Å²) in [6, 6.07) is 8.55. The van der Waals surface area contributed by atoms with Gasteiger partial charge in [-0.05, 0) is 40.8 Å². The monoisotopic (exact) mass is 483 g/mol. The molecule has 0 bridgehead atoms. The Balaban J connectivity index is 1.74. The van der Waals surface area contributed by atoms with E-state index < -0.39 is 0 Å². The Kier molecular flexibility index (Phi) is 7.28. The average Bonchev–Trinajstić information content (AvgIpc) is 3.38. The molecule has 0 fully saturated rings. The lowest BCUT2D eigenvalue weighted by Gasteiger charge is -2.16. The summed E-state index contributed by atoms with van der Waals surface area (Å²) in [5.41, 5.74) is 12.3. The molecule has 0 aliphatic carbocycles. The standard InChI is InChI=1S/C27H29N7S/c1-6-8-13-21-24-25(28)30-16-31-26(24)34(33-21)14-22(29-7-2)32-27-23(18(5)15-35-27)20-12-10-9-11-19(20)17(3)4/h7,9-12,15-17H,2,6,14H2,1,3-5H3,(H,29,32)(H2,28,30,31). The Hall–Kier alpha value is -3.96. The quantitative estimate of drug-likeness (QED) is 0.200. The third-order valence-electron chi connectivity index (χ3n) is 5.57. The molecule has 1 aromatic carbocycles. The zero-order valence-corrected chi connectivity index (χ0v) is 21.3. The lowest BCUT2D eigenvalue weighted by atomic mass is 9.92. The Labute approximate surface area is 209 Å². The molecule has 35 heavy (non-hydrogen) atoms. The minimum Gasteiger partial charge on any atom is -0.383 e. The number of aliphatic imine (C=N–C) groups is 1. The predicted octanol–water partition coefficient (Wildman–Crippen LogP) is 5.98. The van der Waals surface area contributed by atoms with Crippen molar-refractivity contribution in [3.63, 3.8) is 0 Å². The van der Waals surface area contributed by atoms with Gasteiger partial charge >= 0.3 is 0 Å². The number of hydrogen-bond acceptors (Lipinski definition) is 6. The lowest BCUT2D eigenvalue weighted by molar-refractivity contribution is 0.736. The van der Waals surface area contributed by atoms with E-state index in [1.54, 1.807) is 16.0 Å². The molecule has 4 aromatic rings. The van der Waals surface area contributed by atoms with Gasteiger partial charge in [0.1, 0.15) is 35.2 Å². The highest BCUT2D eigenvalue weighted by molar-refractivity contribution is 7.15. The van der Waals surface area contributed by atoms with Crippen molar-refractivity contribution in [2.24, 2.45) is 4.99 Å². The fourth-order valence-corrected chi connectivity index (χ4v) is 4.97. The third kappa shape index (κ3) is 4.96. The van der Waals surface area contributed by atoms with Crippen molar-refractivity contribution in [1.82, 2.24) is 19.7 Å². The van der Waals surface area contributed by atoms with Gasteiger partial charge in [0.25, 0.3) is 0 Å². The van der Waals surface area contributed by atoms with Gasteiger partial charge in [-0.15, -0.1) is 11.3 Å². The first-order valence-electron chi connectivity index (χ1n) is 11.5.